The summed E-state index contributed by atoms with van der Waals surface area (Å²) in [4.78, 5) is 22.7. The number of nitrogens with one attached hydrogen (secondary N) is 1. The van der Waals surface area contributed by atoms with E-state index in [0.717, 1.165) is 5.56 Å². The molecule has 0 aliphatic heterocycles. The van der Waals surface area contributed by atoms with Crippen LogP contribution in [0.4, 0.5) is 0 Å². The van der Waals surface area contributed by atoms with Crippen LogP contribution in [0.15, 0.2) is 30.3 Å². The van der Waals surface area contributed by atoms with Gasteiger partial charge in [-0.25, -0.2) is 0 Å². The van der Waals surface area contributed by atoms with E-state index in [1.807, 2.05) is 37.3 Å². The van der Waals surface area contributed by atoms with Crippen molar-refractivity contribution in [2.45, 2.75) is 38.8 Å². The number of benzene rings is 1. The van der Waals surface area contributed by atoms with Crippen LogP contribution in [0.1, 0.15) is 38.4 Å². The molecule has 0 bridgehead atoms. The summed E-state index contributed by atoms with van der Waals surface area (Å²) in [5.41, 5.74) is 0.789. The molecule has 1 aromatic rings. The molecule has 0 aromatic heterocycles. The lowest BCUT2D eigenvalue weighted by Crippen LogP contribution is -2.37. The minimum atomic E-state index is -0.865. The summed E-state index contributed by atoms with van der Waals surface area (Å²) in [6.07, 6.45) is -0.227. The zero-order valence-corrected chi connectivity index (χ0v) is 11.8. The number of carboxylic acids is 1. The number of hydrogen-bond acceptors (Lipinski definition) is 3. The molecule has 2 atom stereocenters. The lowest BCUT2D eigenvalue weighted by atomic mass is 10.1. The van der Waals surface area contributed by atoms with Crippen LogP contribution in [0.3, 0.4) is 0 Å². The van der Waals surface area contributed by atoms with Crippen molar-refractivity contribution in [2.24, 2.45) is 0 Å². The van der Waals surface area contributed by atoms with Crippen molar-refractivity contribution < 1.29 is 19.4 Å². The van der Waals surface area contributed by atoms with Gasteiger partial charge < -0.3 is 15.2 Å². The molecule has 0 saturated carbocycles. The molecule has 2 unspecified atom stereocenters. The van der Waals surface area contributed by atoms with Crippen molar-refractivity contribution in [2.75, 3.05) is 6.61 Å². The van der Waals surface area contributed by atoms with Gasteiger partial charge in [0.25, 0.3) is 5.91 Å². The SMILES string of the molecule is CCOC(C(=O)NC(C)CCC(=O)O)c1ccccc1. The van der Waals surface area contributed by atoms with E-state index in [1.165, 1.54) is 0 Å². The Labute approximate surface area is 118 Å². The Morgan fingerprint density at radius 1 is 1.30 bits per heavy atom. The molecule has 0 saturated heterocycles. The van der Waals surface area contributed by atoms with Crippen molar-refractivity contribution in [3.05, 3.63) is 35.9 Å². The highest BCUT2D eigenvalue weighted by Gasteiger charge is 2.22. The van der Waals surface area contributed by atoms with E-state index >= 15 is 0 Å². The number of carboxylic acid groups (broad SMARTS) is 1. The van der Waals surface area contributed by atoms with E-state index in [2.05, 4.69) is 5.32 Å². The molecule has 1 rings (SSSR count). The molecule has 1 aromatic carbocycles. The maximum Gasteiger partial charge on any atom is 0.303 e. The maximum atomic E-state index is 12.2. The summed E-state index contributed by atoms with van der Waals surface area (Å²) >= 11 is 0. The highest BCUT2D eigenvalue weighted by molar-refractivity contribution is 5.82. The number of carbonyl (C=O) groups is 2. The molecule has 0 heterocycles. The van der Waals surface area contributed by atoms with E-state index in [4.69, 9.17) is 9.84 Å². The number of rotatable bonds is 8. The van der Waals surface area contributed by atoms with Crippen LogP contribution in [-0.2, 0) is 14.3 Å². The first-order valence-electron chi connectivity index (χ1n) is 6.73. The third-order valence-electron chi connectivity index (χ3n) is 2.85. The predicted molar refractivity (Wildman–Crippen MR) is 75.3 cm³/mol. The molecule has 2 N–H and O–H groups in total. The average molecular weight is 279 g/mol. The monoisotopic (exact) mass is 279 g/mol. The molecule has 0 aliphatic carbocycles. The summed E-state index contributed by atoms with van der Waals surface area (Å²) < 4.78 is 5.49. The normalized spacial score (nSPS) is 13.5. The standard InChI is InChI=1S/C15H21NO4/c1-3-20-14(12-7-5-4-6-8-12)15(19)16-11(2)9-10-13(17)18/h4-8,11,14H,3,9-10H2,1-2H3,(H,16,19)(H,17,18). The van der Waals surface area contributed by atoms with E-state index < -0.39 is 12.1 Å². The van der Waals surface area contributed by atoms with Gasteiger partial charge in [-0.1, -0.05) is 30.3 Å². The molecular weight excluding hydrogens is 258 g/mol. The average Bonchev–Trinajstić information content (AvgIpc) is 2.43. The second kappa shape index (κ2) is 8.32. The van der Waals surface area contributed by atoms with Crippen LogP contribution in [0, 0.1) is 0 Å². The topological polar surface area (TPSA) is 75.6 Å². The molecule has 0 spiro atoms. The van der Waals surface area contributed by atoms with Gasteiger partial charge in [-0.15, -0.1) is 0 Å². The Hall–Kier alpha value is -1.88. The molecule has 1 amide bonds. The van der Waals surface area contributed by atoms with Gasteiger partial charge in [0, 0.05) is 19.1 Å². The summed E-state index contributed by atoms with van der Waals surface area (Å²) in [5.74, 6) is -1.11. The minimum Gasteiger partial charge on any atom is -0.481 e. The van der Waals surface area contributed by atoms with Gasteiger partial charge in [0.05, 0.1) is 0 Å². The molecule has 0 radical (unpaired) electrons. The lowest BCUT2D eigenvalue weighted by Gasteiger charge is -2.20. The van der Waals surface area contributed by atoms with Gasteiger partial charge in [0.15, 0.2) is 6.10 Å². The van der Waals surface area contributed by atoms with Gasteiger partial charge in [-0.05, 0) is 25.8 Å². The number of aliphatic carboxylic acids is 1. The van der Waals surface area contributed by atoms with E-state index in [9.17, 15) is 9.59 Å². The smallest absolute Gasteiger partial charge is 0.303 e. The third-order valence-corrected chi connectivity index (χ3v) is 2.85. The lowest BCUT2D eigenvalue weighted by molar-refractivity contribution is -0.138. The molecule has 5 heteroatoms. The van der Waals surface area contributed by atoms with Crippen LogP contribution in [-0.4, -0.2) is 29.6 Å². The first-order chi connectivity index (χ1) is 9.54. The first kappa shape index (κ1) is 16.2. The Kier molecular flexibility index (Phi) is 6.73. The van der Waals surface area contributed by atoms with Crippen molar-refractivity contribution in [3.63, 3.8) is 0 Å². The van der Waals surface area contributed by atoms with Crippen LogP contribution in [0.2, 0.25) is 0 Å². The van der Waals surface area contributed by atoms with Gasteiger partial charge >= 0.3 is 5.97 Å². The van der Waals surface area contributed by atoms with Crippen LogP contribution in [0.25, 0.3) is 0 Å². The summed E-state index contributed by atoms with van der Waals surface area (Å²) in [7, 11) is 0. The van der Waals surface area contributed by atoms with Crippen LogP contribution < -0.4 is 5.32 Å². The van der Waals surface area contributed by atoms with Crippen molar-refractivity contribution >= 4 is 11.9 Å². The molecular formula is C15H21NO4. The second-order valence-corrected chi connectivity index (χ2v) is 4.59. The number of ether oxygens (including phenoxy) is 1. The Morgan fingerprint density at radius 2 is 1.95 bits per heavy atom. The fourth-order valence-corrected chi connectivity index (χ4v) is 1.85. The second-order valence-electron chi connectivity index (χ2n) is 4.59. The molecule has 20 heavy (non-hydrogen) atoms. The molecule has 0 fully saturated rings. The zero-order valence-electron chi connectivity index (χ0n) is 11.8. The molecule has 110 valence electrons. The van der Waals surface area contributed by atoms with Gasteiger partial charge in [-0.3, -0.25) is 9.59 Å². The number of hydrogen-bond donors (Lipinski definition) is 2. The maximum absolute atomic E-state index is 12.2. The van der Waals surface area contributed by atoms with Crippen molar-refractivity contribution in [3.8, 4) is 0 Å². The summed E-state index contributed by atoms with van der Waals surface area (Å²) in [6, 6.07) is 9.04. The highest BCUT2D eigenvalue weighted by atomic mass is 16.5. The van der Waals surface area contributed by atoms with Crippen molar-refractivity contribution in [1.29, 1.82) is 0 Å². The number of carbonyl (C=O) groups excluding carboxylic acids is 1. The number of amides is 1. The Balaban J connectivity index is 2.63. The quantitative estimate of drug-likeness (QED) is 0.764. The minimum absolute atomic E-state index is 0.0338. The van der Waals surface area contributed by atoms with E-state index in [0.29, 0.717) is 13.0 Å². The Morgan fingerprint density at radius 3 is 2.50 bits per heavy atom. The highest BCUT2D eigenvalue weighted by Crippen LogP contribution is 2.17. The third kappa shape index (κ3) is 5.40. The van der Waals surface area contributed by atoms with Gasteiger partial charge in [0.2, 0.25) is 0 Å². The van der Waals surface area contributed by atoms with E-state index in [1.54, 1.807) is 6.92 Å². The molecule has 0 aliphatic rings. The van der Waals surface area contributed by atoms with E-state index in [-0.39, 0.29) is 18.4 Å². The largest absolute Gasteiger partial charge is 0.481 e. The summed E-state index contributed by atoms with van der Waals surface area (Å²) in [6.45, 7) is 4.04. The van der Waals surface area contributed by atoms with Crippen LogP contribution in [0.5, 0.6) is 0 Å². The van der Waals surface area contributed by atoms with Crippen LogP contribution >= 0.6 is 0 Å². The first-order valence-corrected chi connectivity index (χ1v) is 6.73. The van der Waals surface area contributed by atoms with Gasteiger partial charge in [0.1, 0.15) is 0 Å². The Bertz CT molecular complexity index is 433. The molecule has 5 nitrogen and oxygen atoms in total. The van der Waals surface area contributed by atoms with Gasteiger partial charge in [-0.2, -0.15) is 0 Å². The fraction of sp³-hybridized carbons (Fsp3) is 0.467. The zero-order chi connectivity index (χ0) is 15.0. The summed E-state index contributed by atoms with van der Waals surface area (Å²) in [5, 5.41) is 11.4. The predicted octanol–water partition coefficient (Wildman–Crippen LogP) is 2.13. The van der Waals surface area contributed by atoms with Crippen molar-refractivity contribution in [1.82, 2.24) is 5.32 Å². The fourth-order valence-electron chi connectivity index (χ4n) is 1.85.